The molecule has 9 heteroatoms. The number of benzene rings is 1. The third-order valence-corrected chi connectivity index (χ3v) is 5.40. The van der Waals surface area contributed by atoms with Gasteiger partial charge < -0.3 is 14.9 Å². The zero-order chi connectivity index (χ0) is 19.8. The van der Waals surface area contributed by atoms with Gasteiger partial charge in [0.2, 0.25) is 0 Å². The summed E-state index contributed by atoms with van der Waals surface area (Å²) in [6, 6.07) is 7.74. The minimum absolute atomic E-state index is 0.0860. The van der Waals surface area contributed by atoms with Gasteiger partial charge in [-0.1, -0.05) is 0 Å². The number of aliphatic hydroxyl groups excluding tert-OH is 1. The van der Waals surface area contributed by atoms with E-state index in [1.165, 1.54) is 10.9 Å². The summed E-state index contributed by atoms with van der Waals surface area (Å²) in [5.74, 6) is 0.953. The van der Waals surface area contributed by atoms with E-state index in [4.69, 9.17) is 5.11 Å². The van der Waals surface area contributed by atoms with Crippen molar-refractivity contribution in [2.45, 2.75) is 6.54 Å². The lowest BCUT2D eigenvalue weighted by Crippen LogP contribution is -2.47. The van der Waals surface area contributed by atoms with Gasteiger partial charge in [0.05, 0.1) is 36.6 Å². The number of piperazine rings is 1. The monoisotopic (exact) mass is 391 g/mol. The molecule has 1 fully saturated rings. The molecule has 5 rings (SSSR count). The van der Waals surface area contributed by atoms with Crippen molar-refractivity contribution in [1.29, 1.82) is 0 Å². The predicted molar refractivity (Wildman–Crippen MR) is 111 cm³/mol. The fourth-order valence-electron chi connectivity index (χ4n) is 3.87. The number of aliphatic hydroxyl groups is 1. The van der Waals surface area contributed by atoms with Crippen molar-refractivity contribution < 1.29 is 5.11 Å². The molecular weight excluding hydrogens is 370 g/mol. The van der Waals surface area contributed by atoms with Crippen LogP contribution in [0, 0.1) is 0 Å². The van der Waals surface area contributed by atoms with Crippen LogP contribution in [-0.2, 0) is 6.54 Å². The lowest BCUT2D eigenvalue weighted by atomic mass is 10.2. The van der Waals surface area contributed by atoms with Crippen LogP contribution in [0.25, 0.3) is 16.4 Å². The van der Waals surface area contributed by atoms with Crippen molar-refractivity contribution in [3.8, 4) is 0 Å². The van der Waals surface area contributed by atoms with Gasteiger partial charge in [-0.2, -0.15) is 5.10 Å². The molecule has 1 saturated heterocycles. The highest BCUT2D eigenvalue weighted by atomic mass is 16.3. The second-order valence-electron chi connectivity index (χ2n) is 7.05. The van der Waals surface area contributed by atoms with Crippen LogP contribution in [0.5, 0.6) is 0 Å². The molecule has 0 saturated carbocycles. The molecule has 0 unspecified atom stereocenters. The quantitative estimate of drug-likeness (QED) is 0.549. The zero-order valence-corrected chi connectivity index (χ0v) is 15.8. The van der Waals surface area contributed by atoms with E-state index in [0.29, 0.717) is 10.9 Å². The number of nitrogens with zero attached hydrogens (tertiary/aromatic N) is 7. The topological polar surface area (TPSA) is 91.8 Å². The van der Waals surface area contributed by atoms with Crippen LogP contribution in [0.1, 0.15) is 0 Å². The molecule has 0 spiro atoms. The molecule has 9 nitrogen and oxygen atoms in total. The fraction of sp³-hybridized carbons (Fsp3) is 0.300. The Hall–Kier alpha value is -3.46. The SMILES string of the molecule is O=c1c2ccc(N3CCN(c4nccn5nccc45)CC3)cc2ncn1CCO. The molecule has 1 aromatic carbocycles. The van der Waals surface area contributed by atoms with Gasteiger partial charge in [-0.25, -0.2) is 14.5 Å². The van der Waals surface area contributed by atoms with Crippen molar-refractivity contribution in [3.63, 3.8) is 0 Å². The fourth-order valence-corrected chi connectivity index (χ4v) is 3.87. The normalized spacial score (nSPS) is 14.8. The van der Waals surface area contributed by atoms with E-state index in [-0.39, 0.29) is 18.7 Å². The van der Waals surface area contributed by atoms with Crippen LogP contribution >= 0.6 is 0 Å². The number of anilines is 2. The Balaban J connectivity index is 1.36. The molecule has 1 aliphatic rings. The number of fused-ring (bicyclic) bond motifs is 2. The van der Waals surface area contributed by atoms with Crippen molar-refractivity contribution in [3.05, 3.63) is 59.5 Å². The maximum atomic E-state index is 12.5. The maximum absolute atomic E-state index is 12.5. The van der Waals surface area contributed by atoms with E-state index >= 15 is 0 Å². The minimum atomic E-state index is -0.125. The highest BCUT2D eigenvalue weighted by Gasteiger charge is 2.21. The summed E-state index contributed by atoms with van der Waals surface area (Å²) in [5.41, 5.74) is 2.62. The first-order chi connectivity index (χ1) is 14.2. The average Bonchev–Trinajstić information content (AvgIpc) is 3.25. The minimum Gasteiger partial charge on any atom is -0.395 e. The van der Waals surface area contributed by atoms with E-state index in [0.717, 1.165) is 43.2 Å². The molecule has 29 heavy (non-hydrogen) atoms. The van der Waals surface area contributed by atoms with Crippen LogP contribution in [0.3, 0.4) is 0 Å². The highest BCUT2D eigenvalue weighted by Crippen LogP contribution is 2.24. The highest BCUT2D eigenvalue weighted by molar-refractivity contribution is 5.81. The molecule has 0 atom stereocenters. The second kappa shape index (κ2) is 7.17. The number of aromatic nitrogens is 5. The van der Waals surface area contributed by atoms with Crippen molar-refractivity contribution in [2.24, 2.45) is 0 Å². The molecule has 0 bridgehead atoms. The number of hydrogen-bond donors (Lipinski definition) is 1. The zero-order valence-electron chi connectivity index (χ0n) is 15.8. The Morgan fingerprint density at radius 2 is 1.83 bits per heavy atom. The van der Waals surface area contributed by atoms with Gasteiger partial charge in [0.1, 0.15) is 5.52 Å². The summed E-state index contributed by atoms with van der Waals surface area (Å²) in [6.07, 6.45) is 6.92. The van der Waals surface area contributed by atoms with Gasteiger partial charge in [0.25, 0.3) is 5.56 Å². The molecule has 0 aliphatic carbocycles. The molecule has 3 aromatic heterocycles. The summed E-state index contributed by atoms with van der Waals surface area (Å²) < 4.78 is 3.28. The first-order valence-corrected chi connectivity index (χ1v) is 9.63. The maximum Gasteiger partial charge on any atom is 0.261 e. The third-order valence-electron chi connectivity index (χ3n) is 5.40. The van der Waals surface area contributed by atoms with Crippen molar-refractivity contribution in [2.75, 3.05) is 42.6 Å². The molecule has 4 heterocycles. The smallest absolute Gasteiger partial charge is 0.261 e. The molecule has 1 aliphatic heterocycles. The standard InChI is InChI=1S/C20H21N7O2/c28-12-11-26-14-22-17-13-15(1-2-16(17)20(26)29)24-7-9-25(10-8-24)19-18-3-4-23-27(18)6-5-21-19/h1-6,13-14,28H,7-12H2. The van der Waals surface area contributed by atoms with Crippen LogP contribution in [0.2, 0.25) is 0 Å². The van der Waals surface area contributed by atoms with E-state index in [2.05, 4.69) is 24.9 Å². The summed E-state index contributed by atoms with van der Waals surface area (Å²) in [6.45, 7) is 3.57. The molecular formula is C20H21N7O2. The van der Waals surface area contributed by atoms with E-state index < -0.39 is 0 Å². The predicted octanol–water partition coefficient (Wildman–Crippen LogP) is 0.758. The van der Waals surface area contributed by atoms with E-state index in [1.54, 1.807) is 12.4 Å². The Labute approximate surface area is 166 Å². The Kier molecular flexibility index (Phi) is 4.36. The Bertz CT molecular complexity index is 1220. The summed E-state index contributed by atoms with van der Waals surface area (Å²) >= 11 is 0. The first kappa shape index (κ1) is 17.6. The van der Waals surface area contributed by atoms with E-state index in [1.807, 2.05) is 35.0 Å². The summed E-state index contributed by atoms with van der Waals surface area (Å²) in [5, 5.41) is 13.9. The number of hydrogen-bond acceptors (Lipinski definition) is 7. The lowest BCUT2D eigenvalue weighted by molar-refractivity contribution is 0.274. The van der Waals surface area contributed by atoms with Gasteiger partial charge in [-0.15, -0.1) is 0 Å². The summed E-state index contributed by atoms with van der Waals surface area (Å²) in [7, 11) is 0. The second-order valence-corrected chi connectivity index (χ2v) is 7.05. The molecule has 1 N–H and O–H groups in total. The Morgan fingerprint density at radius 1 is 1.00 bits per heavy atom. The van der Waals surface area contributed by atoms with Crippen molar-refractivity contribution >= 4 is 27.9 Å². The van der Waals surface area contributed by atoms with Gasteiger partial charge in [-0.05, 0) is 24.3 Å². The van der Waals surface area contributed by atoms with Gasteiger partial charge in [0, 0.05) is 44.3 Å². The van der Waals surface area contributed by atoms with Crippen LogP contribution < -0.4 is 15.4 Å². The largest absolute Gasteiger partial charge is 0.395 e. The van der Waals surface area contributed by atoms with Crippen LogP contribution in [0.15, 0.2) is 54.0 Å². The molecule has 0 amide bonds. The molecule has 148 valence electrons. The van der Waals surface area contributed by atoms with Crippen molar-refractivity contribution in [1.82, 2.24) is 24.1 Å². The van der Waals surface area contributed by atoms with Crippen LogP contribution in [-0.4, -0.2) is 62.0 Å². The van der Waals surface area contributed by atoms with Gasteiger partial charge in [-0.3, -0.25) is 9.36 Å². The third kappa shape index (κ3) is 3.09. The summed E-state index contributed by atoms with van der Waals surface area (Å²) in [4.78, 5) is 26.0. The van der Waals surface area contributed by atoms with Gasteiger partial charge in [0.15, 0.2) is 5.82 Å². The van der Waals surface area contributed by atoms with Crippen LogP contribution in [0.4, 0.5) is 11.5 Å². The molecule has 0 radical (unpaired) electrons. The first-order valence-electron chi connectivity index (χ1n) is 9.63. The van der Waals surface area contributed by atoms with Gasteiger partial charge >= 0.3 is 0 Å². The van der Waals surface area contributed by atoms with E-state index in [9.17, 15) is 4.79 Å². The Morgan fingerprint density at radius 3 is 2.66 bits per heavy atom. The average molecular weight is 391 g/mol. The number of rotatable bonds is 4. The lowest BCUT2D eigenvalue weighted by Gasteiger charge is -2.36. The molecule has 4 aromatic rings.